The van der Waals surface area contributed by atoms with Crippen molar-refractivity contribution in [3.63, 3.8) is 0 Å². The van der Waals surface area contributed by atoms with E-state index in [0.717, 1.165) is 6.42 Å². The summed E-state index contributed by atoms with van der Waals surface area (Å²) in [5.74, 6) is -0.278. The van der Waals surface area contributed by atoms with Gasteiger partial charge in [0, 0.05) is 20.5 Å². The molecule has 0 atom stereocenters. The van der Waals surface area contributed by atoms with E-state index in [0.29, 0.717) is 13.0 Å². The second kappa shape index (κ2) is 6.42. The fourth-order valence-corrected chi connectivity index (χ4v) is 0.800. The van der Waals surface area contributed by atoms with Crippen LogP contribution in [-0.4, -0.2) is 43.9 Å². The van der Waals surface area contributed by atoms with Gasteiger partial charge < -0.3 is 16.0 Å². The third-order valence-corrected chi connectivity index (χ3v) is 1.54. The Bertz CT molecular complexity index is 180. The number of nitrogens with two attached hydrogens (primary N) is 1. The zero-order chi connectivity index (χ0) is 10.3. The maximum atomic E-state index is 11.0. The Morgan fingerprint density at radius 1 is 1.38 bits per heavy atom. The van der Waals surface area contributed by atoms with Crippen LogP contribution in [0.25, 0.3) is 0 Å². The van der Waals surface area contributed by atoms with Crippen molar-refractivity contribution in [3.05, 3.63) is 0 Å². The number of hydrogen-bond donors (Lipinski definition) is 2. The summed E-state index contributed by atoms with van der Waals surface area (Å²) in [6, 6.07) is 0. The van der Waals surface area contributed by atoms with Gasteiger partial charge in [-0.05, 0) is 13.0 Å². The number of carbonyl (C=O) groups is 2. The first kappa shape index (κ1) is 11.9. The van der Waals surface area contributed by atoms with E-state index in [4.69, 9.17) is 5.73 Å². The molecule has 76 valence electrons. The van der Waals surface area contributed by atoms with Crippen LogP contribution in [0.1, 0.15) is 12.8 Å². The average Bonchev–Trinajstić information content (AvgIpc) is 2.02. The van der Waals surface area contributed by atoms with E-state index in [1.54, 1.807) is 19.0 Å². The minimum atomic E-state index is -0.376. The van der Waals surface area contributed by atoms with Crippen LogP contribution in [0.15, 0.2) is 0 Å². The van der Waals surface area contributed by atoms with Crippen LogP contribution in [0, 0.1) is 0 Å². The first-order chi connectivity index (χ1) is 6.04. The van der Waals surface area contributed by atoms with Crippen molar-refractivity contribution < 1.29 is 9.59 Å². The standard InChI is InChI=1S/C8H17N3O2/c1-11(2)8(13)4-3-5-10-6-7(9)12/h10H,3-6H2,1-2H3,(H2,9,12). The summed E-state index contributed by atoms with van der Waals surface area (Å²) < 4.78 is 0. The minimum Gasteiger partial charge on any atom is -0.369 e. The predicted octanol–water partition coefficient (Wildman–Crippen LogP) is -1.07. The lowest BCUT2D eigenvalue weighted by Crippen LogP contribution is -2.30. The maximum absolute atomic E-state index is 11.0. The molecule has 0 rings (SSSR count). The third kappa shape index (κ3) is 7.27. The molecule has 3 N–H and O–H groups in total. The van der Waals surface area contributed by atoms with Gasteiger partial charge in [-0.3, -0.25) is 9.59 Å². The molecule has 5 nitrogen and oxygen atoms in total. The number of nitrogens with zero attached hydrogens (tertiary/aromatic N) is 1. The Labute approximate surface area is 78.3 Å². The van der Waals surface area contributed by atoms with Gasteiger partial charge in [0.25, 0.3) is 0 Å². The van der Waals surface area contributed by atoms with Crippen LogP contribution in [0.3, 0.4) is 0 Å². The highest BCUT2D eigenvalue weighted by atomic mass is 16.2. The Morgan fingerprint density at radius 2 is 2.00 bits per heavy atom. The van der Waals surface area contributed by atoms with Crippen molar-refractivity contribution >= 4 is 11.8 Å². The van der Waals surface area contributed by atoms with E-state index in [2.05, 4.69) is 5.32 Å². The Morgan fingerprint density at radius 3 is 2.46 bits per heavy atom. The van der Waals surface area contributed by atoms with E-state index >= 15 is 0 Å². The maximum Gasteiger partial charge on any atom is 0.231 e. The molecule has 0 aliphatic rings. The van der Waals surface area contributed by atoms with Gasteiger partial charge in [-0.25, -0.2) is 0 Å². The highest BCUT2D eigenvalue weighted by Gasteiger charge is 2.02. The highest BCUT2D eigenvalue weighted by molar-refractivity contribution is 5.76. The highest BCUT2D eigenvalue weighted by Crippen LogP contribution is 1.91. The van der Waals surface area contributed by atoms with Gasteiger partial charge >= 0.3 is 0 Å². The third-order valence-electron chi connectivity index (χ3n) is 1.54. The molecule has 0 saturated heterocycles. The quantitative estimate of drug-likeness (QED) is 0.520. The first-order valence-corrected chi connectivity index (χ1v) is 4.23. The predicted molar refractivity (Wildman–Crippen MR) is 50.0 cm³/mol. The Hall–Kier alpha value is -1.10. The van der Waals surface area contributed by atoms with Gasteiger partial charge in [0.05, 0.1) is 6.54 Å². The number of rotatable bonds is 6. The van der Waals surface area contributed by atoms with Crippen molar-refractivity contribution in [1.82, 2.24) is 10.2 Å². The Balaban J connectivity index is 3.26. The average molecular weight is 187 g/mol. The number of hydrogen-bond acceptors (Lipinski definition) is 3. The van der Waals surface area contributed by atoms with Crippen LogP contribution in [-0.2, 0) is 9.59 Å². The van der Waals surface area contributed by atoms with Crippen LogP contribution < -0.4 is 11.1 Å². The van der Waals surface area contributed by atoms with Crippen molar-refractivity contribution in [3.8, 4) is 0 Å². The van der Waals surface area contributed by atoms with Gasteiger partial charge in [0.2, 0.25) is 11.8 Å². The van der Waals surface area contributed by atoms with Gasteiger partial charge in [0.15, 0.2) is 0 Å². The zero-order valence-electron chi connectivity index (χ0n) is 8.17. The lowest BCUT2D eigenvalue weighted by molar-refractivity contribution is -0.128. The fourth-order valence-electron chi connectivity index (χ4n) is 0.800. The fraction of sp³-hybridized carbons (Fsp3) is 0.750. The monoisotopic (exact) mass is 187 g/mol. The van der Waals surface area contributed by atoms with E-state index in [1.807, 2.05) is 0 Å². The summed E-state index contributed by atoms with van der Waals surface area (Å²) in [4.78, 5) is 22.9. The number of carbonyl (C=O) groups excluding carboxylic acids is 2. The summed E-state index contributed by atoms with van der Waals surface area (Å²) in [6.07, 6.45) is 1.23. The summed E-state index contributed by atoms with van der Waals surface area (Å²) in [6.45, 7) is 0.818. The van der Waals surface area contributed by atoms with E-state index < -0.39 is 0 Å². The van der Waals surface area contributed by atoms with Crippen LogP contribution in [0.2, 0.25) is 0 Å². The van der Waals surface area contributed by atoms with Crippen molar-refractivity contribution in [2.24, 2.45) is 5.73 Å². The van der Waals surface area contributed by atoms with E-state index in [9.17, 15) is 9.59 Å². The molecule has 5 heteroatoms. The number of nitrogens with one attached hydrogen (secondary N) is 1. The summed E-state index contributed by atoms with van der Waals surface area (Å²) in [7, 11) is 3.44. The molecule has 0 heterocycles. The summed E-state index contributed by atoms with van der Waals surface area (Å²) in [5, 5.41) is 2.83. The smallest absolute Gasteiger partial charge is 0.231 e. The molecule has 0 aromatic carbocycles. The minimum absolute atomic E-state index is 0.0980. The molecular weight excluding hydrogens is 170 g/mol. The van der Waals surface area contributed by atoms with E-state index in [-0.39, 0.29) is 18.4 Å². The van der Waals surface area contributed by atoms with Gasteiger partial charge in [-0.2, -0.15) is 0 Å². The second-order valence-electron chi connectivity index (χ2n) is 3.03. The van der Waals surface area contributed by atoms with Gasteiger partial charge in [-0.1, -0.05) is 0 Å². The zero-order valence-corrected chi connectivity index (χ0v) is 8.17. The van der Waals surface area contributed by atoms with Crippen LogP contribution in [0.5, 0.6) is 0 Å². The van der Waals surface area contributed by atoms with Crippen LogP contribution in [0.4, 0.5) is 0 Å². The molecule has 0 radical (unpaired) electrons. The molecular formula is C8H17N3O2. The topological polar surface area (TPSA) is 75.4 Å². The first-order valence-electron chi connectivity index (χ1n) is 4.23. The van der Waals surface area contributed by atoms with E-state index in [1.165, 1.54) is 0 Å². The van der Waals surface area contributed by atoms with Crippen molar-refractivity contribution in [2.45, 2.75) is 12.8 Å². The van der Waals surface area contributed by atoms with Crippen molar-refractivity contribution in [2.75, 3.05) is 27.2 Å². The molecule has 0 fully saturated rings. The molecule has 0 saturated carbocycles. The molecule has 13 heavy (non-hydrogen) atoms. The lowest BCUT2D eigenvalue weighted by atomic mass is 10.3. The molecule has 2 amide bonds. The molecule has 0 unspecified atom stereocenters. The summed E-state index contributed by atoms with van der Waals surface area (Å²) in [5.41, 5.74) is 4.91. The molecule has 0 aromatic rings. The molecule has 0 aromatic heterocycles. The van der Waals surface area contributed by atoms with Gasteiger partial charge in [0.1, 0.15) is 0 Å². The lowest BCUT2D eigenvalue weighted by Gasteiger charge is -2.09. The SMILES string of the molecule is CN(C)C(=O)CCCNCC(N)=O. The second-order valence-corrected chi connectivity index (χ2v) is 3.03. The Kier molecular flexibility index (Phi) is 5.88. The number of primary amides is 1. The normalized spacial score (nSPS) is 9.69. The largest absolute Gasteiger partial charge is 0.369 e. The molecule has 0 aliphatic heterocycles. The van der Waals surface area contributed by atoms with Crippen LogP contribution >= 0.6 is 0 Å². The number of amides is 2. The summed E-state index contributed by atoms with van der Waals surface area (Å²) >= 11 is 0. The van der Waals surface area contributed by atoms with Gasteiger partial charge in [-0.15, -0.1) is 0 Å². The molecule has 0 bridgehead atoms. The van der Waals surface area contributed by atoms with Crippen molar-refractivity contribution in [1.29, 1.82) is 0 Å². The molecule has 0 aliphatic carbocycles. The molecule has 0 spiro atoms.